The van der Waals surface area contributed by atoms with Crippen LogP contribution in [-0.4, -0.2) is 60.7 Å². The molecule has 3 aromatic rings. The number of methoxy groups -OCH3 is 2. The van der Waals surface area contributed by atoms with E-state index in [9.17, 15) is 9.59 Å². The summed E-state index contributed by atoms with van der Waals surface area (Å²) in [5.41, 5.74) is 6.99. The van der Waals surface area contributed by atoms with Crippen molar-refractivity contribution in [3.05, 3.63) is 59.3 Å². The number of fused-ring (bicyclic) bond motifs is 1. The van der Waals surface area contributed by atoms with Gasteiger partial charge in [-0.1, -0.05) is 12.1 Å². The summed E-state index contributed by atoms with van der Waals surface area (Å²) in [4.78, 5) is 25.0. The Morgan fingerprint density at radius 3 is 2.44 bits per heavy atom. The molecular weight excluding hydrogens is 498 g/mol. The van der Waals surface area contributed by atoms with E-state index >= 15 is 0 Å². The molecule has 1 saturated heterocycles. The fraction of sp³-hybridized carbons (Fsp3) is 0.467. The Kier molecular flexibility index (Phi) is 8.51. The lowest BCUT2D eigenvalue weighted by Gasteiger charge is -2.40. The number of carbonyl (C=O) groups is 2. The van der Waals surface area contributed by atoms with Crippen molar-refractivity contribution in [2.75, 3.05) is 32.8 Å². The highest BCUT2D eigenvalue weighted by Gasteiger charge is 2.32. The smallest absolute Gasteiger partial charge is 0.419 e. The number of esters is 1. The Labute approximate surface area is 229 Å². The molecule has 9 heteroatoms. The molecule has 0 unspecified atom stereocenters. The summed E-state index contributed by atoms with van der Waals surface area (Å²) in [6.07, 6.45) is 3.05. The van der Waals surface area contributed by atoms with Gasteiger partial charge in [-0.3, -0.25) is 4.57 Å². The van der Waals surface area contributed by atoms with Crippen molar-refractivity contribution >= 4 is 28.7 Å². The lowest BCUT2D eigenvalue weighted by Crippen LogP contribution is -2.43. The van der Waals surface area contributed by atoms with Crippen LogP contribution in [0.5, 0.6) is 5.75 Å². The first-order chi connectivity index (χ1) is 18.6. The van der Waals surface area contributed by atoms with Crippen LogP contribution in [0.3, 0.4) is 0 Å². The second-order valence-electron chi connectivity index (χ2n) is 10.7. The second-order valence-corrected chi connectivity index (χ2v) is 10.7. The maximum atomic E-state index is 13.0. The number of ether oxygens (including phenoxy) is 4. The van der Waals surface area contributed by atoms with Crippen molar-refractivity contribution in [2.45, 2.75) is 65.2 Å². The monoisotopic (exact) mass is 537 g/mol. The Morgan fingerprint density at radius 2 is 1.82 bits per heavy atom. The molecule has 39 heavy (non-hydrogen) atoms. The largest absolute Gasteiger partial charge is 0.495 e. The topological polar surface area (TPSA) is 91.3 Å². The van der Waals surface area contributed by atoms with E-state index in [2.05, 4.69) is 10.4 Å². The first-order valence-corrected chi connectivity index (χ1v) is 13.3. The number of anilines is 1. The predicted octanol–water partition coefficient (Wildman–Crippen LogP) is 6.10. The number of rotatable bonds is 7. The van der Waals surface area contributed by atoms with Gasteiger partial charge in [-0.15, -0.1) is 0 Å². The molecule has 0 saturated carbocycles. The maximum Gasteiger partial charge on any atom is 0.419 e. The molecule has 210 valence electrons. The fourth-order valence-electron chi connectivity index (χ4n) is 5.12. The molecule has 0 bridgehead atoms. The number of hydrogen-bond acceptors (Lipinski definition) is 8. The van der Waals surface area contributed by atoms with Gasteiger partial charge in [0.2, 0.25) is 0 Å². The summed E-state index contributed by atoms with van der Waals surface area (Å²) in [5, 5.41) is 3.03. The molecule has 0 radical (unpaired) electrons. The minimum atomic E-state index is -0.614. The molecule has 2 atom stereocenters. The molecule has 0 amide bonds. The normalized spacial score (nSPS) is 18.1. The van der Waals surface area contributed by atoms with Crippen LogP contribution in [0.15, 0.2) is 42.6 Å². The van der Waals surface area contributed by atoms with Crippen molar-refractivity contribution in [1.29, 1.82) is 0 Å². The number of benzene rings is 2. The molecule has 1 fully saturated rings. The van der Waals surface area contributed by atoms with Gasteiger partial charge in [0, 0.05) is 24.7 Å². The van der Waals surface area contributed by atoms with Crippen molar-refractivity contribution in [3.63, 3.8) is 0 Å². The predicted molar refractivity (Wildman–Crippen MR) is 150 cm³/mol. The van der Waals surface area contributed by atoms with E-state index in [1.54, 1.807) is 30.0 Å². The number of carbonyl (C=O) groups excluding carboxylic acids is 2. The molecule has 0 spiro atoms. The molecule has 2 aromatic carbocycles. The summed E-state index contributed by atoms with van der Waals surface area (Å²) in [6, 6.07) is 11.3. The summed E-state index contributed by atoms with van der Waals surface area (Å²) >= 11 is 0. The molecule has 4 rings (SSSR count). The third kappa shape index (κ3) is 6.20. The Hall–Kier alpha value is -3.56. The first kappa shape index (κ1) is 28.4. The van der Waals surface area contributed by atoms with Gasteiger partial charge in [0.15, 0.2) is 0 Å². The highest BCUT2D eigenvalue weighted by molar-refractivity contribution is 6.01. The zero-order chi connectivity index (χ0) is 28.3. The number of hydrogen-bond donors (Lipinski definition) is 1. The molecule has 0 aliphatic carbocycles. The minimum Gasteiger partial charge on any atom is -0.495 e. The Morgan fingerprint density at radius 1 is 1.10 bits per heavy atom. The lowest BCUT2D eigenvalue weighted by atomic mass is 9.94. The average Bonchev–Trinajstić information content (AvgIpc) is 3.36. The van der Waals surface area contributed by atoms with Crippen LogP contribution < -0.4 is 10.2 Å². The minimum absolute atomic E-state index is 0.0315. The summed E-state index contributed by atoms with van der Waals surface area (Å²) in [6.45, 7) is 10.9. The van der Waals surface area contributed by atoms with Crippen LogP contribution >= 0.6 is 0 Å². The van der Waals surface area contributed by atoms with E-state index in [1.807, 2.05) is 58.9 Å². The molecule has 2 heterocycles. The molecule has 1 N–H and O–H groups in total. The van der Waals surface area contributed by atoms with E-state index in [0.29, 0.717) is 17.9 Å². The molecule has 1 aliphatic rings. The van der Waals surface area contributed by atoms with Gasteiger partial charge in [0.1, 0.15) is 17.0 Å². The third-order valence-electron chi connectivity index (χ3n) is 6.86. The van der Waals surface area contributed by atoms with Gasteiger partial charge in [-0.05, 0) is 82.9 Å². The van der Waals surface area contributed by atoms with Gasteiger partial charge >= 0.3 is 12.1 Å². The van der Waals surface area contributed by atoms with E-state index in [1.165, 1.54) is 7.11 Å². The molecule has 9 nitrogen and oxygen atoms in total. The molecule has 1 aromatic heterocycles. The Balaban J connectivity index is 1.72. The van der Waals surface area contributed by atoms with Crippen LogP contribution in [-0.2, 0) is 14.2 Å². The van der Waals surface area contributed by atoms with Gasteiger partial charge in [-0.25, -0.2) is 14.6 Å². The standard InChI is InChI=1S/C30H39N3O6/c1-8-38-22-13-16-33(24(18-22)20-9-11-21(12-10-20)28(34)37-7)31-26-23-14-15-32(29(35)39-30(3,4)5)27(23)19(2)17-25(26)36-6/h9-12,14-15,17,22,24,31H,8,13,16,18H2,1-7H3/t22-,24+/m1/s1. The van der Waals surface area contributed by atoms with Crippen LogP contribution in [0.25, 0.3) is 10.9 Å². The number of hydrazine groups is 1. The third-order valence-corrected chi connectivity index (χ3v) is 6.86. The van der Waals surface area contributed by atoms with Gasteiger partial charge in [0.05, 0.1) is 37.4 Å². The number of piperidine rings is 1. The van der Waals surface area contributed by atoms with Crippen molar-refractivity contribution in [1.82, 2.24) is 9.58 Å². The van der Waals surface area contributed by atoms with E-state index in [-0.39, 0.29) is 18.1 Å². The highest BCUT2D eigenvalue weighted by atomic mass is 16.6. The van der Waals surface area contributed by atoms with Crippen LogP contribution in [0, 0.1) is 6.92 Å². The number of nitrogens with one attached hydrogen (secondary N) is 1. The van der Waals surface area contributed by atoms with Gasteiger partial charge in [0.25, 0.3) is 0 Å². The van der Waals surface area contributed by atoms with E-state index < -0.39 is 11.7 Å². The van der Waals surface area contributed by atoms with Crippen LogP contribution in [0.4, 0.5) is 10.5 Å². The SMILES string of the molecule is CCO[C@@H]1CCN(Nc2c(OC)cc(C)c3c2ccn3C(=O)OC(C)(C)C)[C@H](c2ccc(C(=O)OC)cc2)C1. The number of aromatic nitrogens is 1. The van der Waals surface area contributed by atoms with Gasteiger partial charge < -0.3 is 24.4 Å². The van der Waals surface area contributed by atoms with Crippen molar-refractivity contribution < 1.29 is 28.5 Å². The second kappa shape index (κ2) is 11.7. The highest BCUT2D eigenvalue weighted by Crippen LogP contribution is 2.40. The Bertz CT molecular complexity index is 1330. The van der Waals surface area contributed by atoms with Crippen molar-refractivity contribution in [3.8, 4) is 5.75 Å². The number of nitrogens with zero attached hydrogens (tertiary/aromatic N) is 2. The lowest BCUT2D eigenvalue weighted by molar-refractivity contribution is -0.00365. The van der Waals surface area contributed by atoms with Gasteiger partial charge in [-0.2, -0.15) is 0 Å². The first-order valence-electron chi connectivity index (χ1n) is 13.3. The summed E-state index contributed by atoms with van der Waals surface area (Å²) in [5.74, 6) is 0.308. The quantitative estimate of drug-likeness (QED) is 0.362. The zero-order valence-corrected chi connectivity index (χ0v) is 23.9. The maximum absolute atomic E-state index is 13.0. The van der Waals surface area contributed by atoms with Crippen LogP contribution in [0.1, 0.15) is 68.1 Å². The van der Waals surface area contributed by atoms with E-state index in [0.717, 1.165) is 47.1 Å². The fourth-order valence-corrected chi connectivity index (χ4v) is 5.12. The van der Waals surface area contributed by atoms with Crippen LogP contribution in [0.2, 0.25) is 0 Å². The van der Waals surface area contributed by atoms with Crippen molar-refractivity contribution in [2.24, 2.45) is 0 Å². The number of aryl methyl sites for hydroxylation is 1. The zero-order valence-electron chi connectivity index (χ0n) is 23.9. The van der Waals surface area contributed by atoms with E-state index in [4.69, 9.17) is 18.9 Å². The summed E-state index contributed by atoms with van der Waals surface area (Å²) < 4.78 is 23.9. The average molecular weight is 538 g/mol. The summed E-state index contributed by atoms with van der Waals surface area (Å²) in [7, 11) is 3.02. The molecule has 1 aliphatic heterocycles. The molecular formula is C30H39N3O6.